The average Bonchev–Trinajstić information content (AvgIpc) is 2.01. The van der Waals surface area contributed by atoms with E-state index in [4.69, 9.17) is 10.00 Å². The van der Waals surface area contributed by atoms with Crippen LogP contribution in [0.3, 0.4) is 0 Å². The molecule has 2 aliphatic rings. The molecule has 0 aliphatic carbocycles. The molecule has 2 aliphatic heterocycles. The summed E-state index contributed by atoms with van der Waals surface area (Å²) in [6.07, 6.45) is 1.88. The maximum absolute atomic E-state index is 11.3. The first kappa shape index (κ1) is 8.48. The molecule has 0 radical (unpaired) electrons. The standard InChI is InChI=1S/C8H11N3O2/c9-6-11-2-1-10(3-8(11)12)7-4-13-5-7/h7H,1-5H2. The van der Waals surface area contributed by atoms with E-state index in [1.54, 1.807) is 0 Å². The minimum atomic E-state index is -0.0966. The summed E-state index contributed by atoms with van der Waals surface area (Å²) in [6, 6.07) is 0.393. The van der Waals surface area contributed by atoms with Gasteiger partial charge in [0.15, 0.2) is 6.19 Å². The Bertz CT molecular complexity index is 257. The van der Waals surface area contributed by atoms with Crippen molar-refractivity contribution in [2.75, 3.05) is 32.8 Å². The summed E-state index contributed by atoms with van der Waals surface area (Å²) >= 11 is 0. The number of ether oxygens (including phenoxy) is 1. The molecule has 0 N–H and O–H groups in total. The highest BCUT2D eigenvalue weighted by Gasteiger charge is 2.32. The Morgan fingerprint density at radius 2 is 2.23 bits per heavy atom. The van der Waals surface area contributed by atoms with Crippen LogP contribution >= 0.6 is 0 Å². The first-order valence-corrected chi connectivity index (χ1v) is 4.33. The van der Waals surface area contributed by atoms with Gasteiger partial charge in [0, 0.05) is 13.1 Å². The molecule has 2 rings (SSSR count). The predicted molar refractivity (Wildman–Crippen MR) is 43.5 cm³/mol. The summed E-state index contributed by atoms with van der Waals surface area (Å²) in [7, 11) is 0. The van der Waals surface area contributed by atoms with Crippen molar-refractivity contribution in [1.82, 2.24) is 9.80 Å². The van der Waals surface area contributed by atoms with E-state index in [0.29, 0.717) is 19.1 Å². The number of nitrogens with zero attached hydrogens (tertiary/aromatic N) is 3. The number of carbonyl (C=O) groups excluding carboxylic acids is 1. The van der Waals surface area contributed by atoms with Crippen LogP contribution in [-0.4, -0.2) is 54.6 Å². The molecule has 2 fully saturated rings. The third-order valence-electron chi connectivity index (χ3n) is 2.51. The molecule has 1 amide bonds. The molecule has 70 valence electrons. The van der Waals surface area contributed by atoms with E-state index >= 15 is 0 Å². The Hall–Kier alpha value is -1.12. The minimum absolute atomic E-state index is 0.0966. The second kappa shape index (κ2) is 3.32. The van der Waals surface area contributed by atoms with Crippen LogP contribution in [0.5, 0.6) is 0 Å². The first-order valence-electron chi connectivity index (χ1n) is 4.33. The van der Waals surface area contributed by atoms with Gasteiger partial charge >= 0.3 is 0 Å². The SMILES string of the molecule is N#CN1CCN(C2COC2)CC1=O. The number of rotatable bonds is 1. The number of hydrogen-bond donors (Lipinski definition) is 0. The molecule has 2 heterocycles. The van der Waals surface area contributed by atoms with Crippen molar-refractivity contribution in [3.05, 3.63) is 0 Å². The molecule has 2 saturated heterocycles. The second-order valence-corrected chi connectivity index (χ2v) is 3.31. The topological polar surface area (TPSA) is 56.6 Å². The molecule has 13 heavy (non-hydrogen) atoms. The van der Waals surface area contributed by atoms with Crippen molar-refractivity contribution in [2.24, 2.45) is 0 Å². The highest BCUT2D eigenvalue weighted by atomic mass is 16.5. The molecule has 0 unspecified atom stereocenters. The summed E-state index contributed by atoms with van der Waals surface area (Å²) in [5.41, 5.74) is 0. The maximum Gasteiger partial charge on any atom is 0.249 e. The fourth-order valence-corrected chi connectivity index (χ4v) is 1.54. The third-order valence-corrected chi connectivity index (χ3v) is 2.51. The van der Waals surface area contributed by atoms with Gasteiger partial charge in [-0.25, -0.2) is 4.90 Å². The lowest BCUT2D eigenvalue weighted by Crippen LogP contribution is -2.57. The minimum Gasteiger partial charge on any atom is -0.378 e. The van der Waals surface area contributed by atoms with Gasteiger partial charge in [0.1, 0.15) is 0 Å². The predicted octanol–water partition coefficient (Wildman–Crippen LogP) is -0.990. The molecule has 0 spiro atoms. The summed E-state index contributed by atoms with van der Waals surface area (Å²) in [4.78, 5) is 14.6. The highest BCUT2D eigenvalue weighted by Crippen LogP contribution is 2.13. The Kier molecular flexibility index (Phi) is 2.17. The summed E-state index contributed by atoms with van der Waals surface area (Å²) in [6.45, 7) is 3.11. The zero-order valence-electron chi connectivity index (χ0n) is 7.27. The maximum atomic E-state index is 11.3. The summed E-state index contributed by atoms with van der Waals surface area (Å²) < 4.78 is 5.04. The second-order valence-electron chi connectivity index (χ2n) is 3.31. The molecular formula is C8H11N3O2. The number of piperazine rings is 1. The van der Waals surface area contributed by atoms with E-state index in [2.05, 4.69) is 4.90 Å². The first-order chi connectivity index (χ1) is 6.31. The molecule has 0 aromatic rings. The number of hydrogen-bond acceptors (Lipinski definition) is 4. The Morgan fingerprint density at radius 1 is 1.46 bits per heavy atom. The molecule has 5 heteroatoms. The van der Waals surface area contributed by atoms with Crippen LogP contribution < -0.4 is 0 Å². The Balaban J connectivity index is 1.91. The molecule has 5 nitrogen and oxygen atoms in total. The molecule has 0 atom stereocenters. The average molecular weight is 181 g/mol. The van der Waals surface area contributed by atoms with Gasteiger partial charge in [-0.3, -0.25) is 9.69 Å². The van der Waals surface area contributed by atoms with Crippen LogP contribution in [0.15, 0.2) is 0 Å². The van der Waals surface area contributed by atoms with Gasteiger partial charge in [-0.15, -0.1) is 0 Å². The third kappa shape index (κ3) is 1.50. The van der Waals surface area contributed by atoms with Crippen LogP contribution in [0, 0.1) is 11.5 Å². The number of nitriles is 1. The van der Waals surface area contributed by atoms with Gasteiger partial charge in [-0.1, -0.05) is 0 Å². The zero-order valence-corrected chi connectivity index (χ0v) is 7.27. The molecule has 0 aromatic heterocycles. The van der Waals surface area contributed by atoms with Gasteiger partial charge in [-0.05, 0) is 0 Å². The van der Waals surface area contributed by atoms with Crippen LogP contribution in [0.1, 0.15) is 0 Å². The van der Waals surface area contributed by atoms with Crippen molar-refractivity contribution in [3.8, 4) is 6.19 Å². The molecule has 0 bridgehead atoms. The van der Waals surface area contributed by atoms with Crippen LogP contribution in [-0.2, 0) is 9.53 Å². The van der Waals surface area contributed by atoms with Gasteiger partial charge < -0.3 is 4.74 Å². The van der Waals surface area contributed by atoms with Crippen molar-refractivity contribution in [1.29, 1.82) is 5.26 Å². The van der Waals surface area contributed by atoms with E-state index in [-0.39, 0.29) is 5.91 Å². The van der Waals surface area contributed by atoms with E-state index < -0.39 is 0 Å². The van der Waals surface area contributed by atoms with Crippen molar-refractivity contribution < 1.29 is 9.53 Å². The number of carbonyl (C=O) groups is 1. The van der Waals surface area contributed by atoms with Crippen molar-refractivity contribution >= 4 is 5.91 Å². The fraction of sp³-hybridized carbons (Fsp3) is 0.750. The summed E-state index contributed by atoms with van der Waals surface area (Å²) in [5.74, 6) is -0.0966. The lowest BCUT2D eigenvalue weighted by molar-refractivity contribution is -0.139. The Morgan fingerprint density at radius 3 is 2.69 bits per heavy atom. The van der Waals surface area contributed by atoms with Gasteiger partial charge in [0.2, 0.25) is 5.91 Å². The molecule has 0 saturated carbocycles. The van der Waals surface area contributed by atoms with E-state index in [0.717, 1.165) is 19.8 Å². The largest absolute Gasteiger partial charge is 0.378 e. The van der Waals surface area contributed by atoms with Gasteiger partial charge in [0.05, 0.1) is 25.8 Å². The molecule has 0 aromatic carbocycles. The highest BCUT2D eigenvalue weighted by molar-refractivity contribution is 5.80. The Labute approximate surface area is 76.5 Å². The molecular weight excluding hydrogens is 170 g/mol. The van der Waals surface area contributed by atoms with Gasteiger partial charge in [0.25, 0.3) is 0 Å². The quantitative estimate of drug-likeness (QED) is 0.487. The zero-order chi connectivity index (χ0) is 9.26. The fourth-order valence-electron chi connectivity index (χ4n) is 1.54. The van der Waals surface area contributed by atoms with Crippen LogP contribution in [0.25, 0.3) is 0 Å². The van der Waals surface area contributed by atoms with E-state index in [1.807, 2.05) is 6.19 Å². The number of amides is 1. The van der Waals surface area contributed by atoms with E-state index in [9.17, 15) is 4.79 Å². The van der Waals surface area contributed by atoms with Gasteiger partial charge in [-0.2, -0.15) is 5.26 Å². The van der Waals surface area contributed by atoms with Crippen LogP contribution in [0.2, 0.25) is 0 Å². The smallest absolute Gasteiger partial charge is 0.249 e. The monoisotopic (exact) mass is 181 g/mol. The lowest BCUT2D eigenvalue weighted by atomic mass is 10.2. The van der Waals surface area contributed by atoms with Crippen molar-refractivity contribution in [2.45, 2.75) is 6.04 Å². The summed E-state index contributed by atoms with van der Waals surface area (Å²) in [5, 5.41) is 8.57. The lowest BCUT2D eigenvalue weighted by Gasteiger charge is -2.40. The normalized spacial score (nSPS) is 25.5. The van der Waals surface area contributed by atoms with Crippen molar-refractivity contribution in [3.63, 3.8) is 0 Å². The van der Waals surface area contributed by atoms with Crippen LogP contribution in [0.4, 0.5) is 0 Å². The van der Waals surface area contributed by atoms with E-state index in [1.165, 1.54) is 4.90 Å².